The molecule has 0 saturated heterocycles. The number of hydrazone groups is 1. The van der Waals surface area contributed by atoms with Crippen molar-refractivity contribution in [1.82, 2.24) is 5.43 Å². The molecule has 126 valence electrons. The molecule has 3 heteroatoms. The zero-order chi connectivity index (χ0) is 17.8. The van der Waals surface area contributed by atoms with Crippen LogP contribution in [0.3, 0.4) is 0 Å². The largest absolute Gasteiger partial charge is 0.271 e. The predicted octanol–water partition coefficient (Wildman–Crippen LogP) is 5.12. The fourth-order valence-electron chi connectivity index (χ4n) is 2.70. The maximum absolute atomic E-state index is 12.3. The number of benzene rings is 3. The molecular formula is C22H22N2O. The molecule has 3 rings (SSSR count). The van der Waals surface area contributed by atoms with Gasteiger partial charge in [-0.05, 0) is 52.9 Å². The van der Waals surface area contributed by atoms with Gasteiger partial charge in [-0.25, -0.2) is 5.43 Å². The molecule has 0 aliphatic rings. The molecule has 0 unspecified atom stereocenters. The number of nitrogens with one attached hydrogen (secondary N) is 1. The molecule has 0 heterocycles. The van der Waals surface area contributed by atoms with Crippen LogP contribution in [-0.2, 0) is 0 Å². The van der Waals surface area contributed by atoms with Gasteiger partial charge in [-0.1, -0.05) is 62.4 Å². The fourth-order valence-corrected chi connectivity index (χ4v) is 2.70. The third-order valence-corrected chi connectivity index (χ3v) is 4.33. The van der Waals surface area contributed by atoms with Crippen LogP contribution in [-0.4, -0.2) is 11.6 Å². The van der Waals surface area contributed by atoms with E-state index in [0.29, 0.717) is 11.5 Å². The molecule has 25 heavy (non-hydrogen) atoms. The average Bonchev–Trinajstić information content (AvgIpc) is 2.65. The van der Waals surface area contributed by atoms with Crippen LogP contribution >= 0.6 is 0 Å². The highest BCUT2D eigenvalue weighted by atomic mass is 16.2. The zero-order valence-corrected chi connectivity index (χ0v) is 14.8. The summed E-state index contributed by atoms with van der Waals surface area (Å²) in [6, 6.07) is 22.0. The first kappa shape index (κ1) is 16.9. The van der Waals surface area contributed by atoms with Gasteiger partial charge in [0.25, 0.3) is 5.91 Å². The minimum Gasteiger partial charge on any atom is -0.267 e. The SMILES string of the molecule is C/C(=N\NC(=O)c1ccc(C(C)C)cc1)c1ccc2ccccc2c1. The van der Waals surface area contributed by atoms with Crippen molar-refractivity contribution in [3.63, 3.8) is 0 Å². The topological polar surface area (TPSA) is 41.5 Å². The number of nitrogens with zero attached hydrogens (tertiary/aromatic N) is 1. The van der Waals surface area contributed by atoms with E-state index in [0.717, 1.165) is 16.7 Å². The first-order valence-electron chi connectivity index (χ1n) is 8.48. The second-order valence-corrected chi connectivity index (χ2v) is 6.48. The van der Waals surface area contributed by atoms with Gasteiger partial charge in [0.15, 0.2) is 0 Å². The summed E-state index contributed by atoms with van der Waals surface area (Å²) >= 11 is 0. The van der Waals surface area contributed by atoms with Gasteiger partial charge < -0.3 is 0 Å². The van der Waals surface area contributed by atoms with Crippen molar-refractivity contribution in [2.24, 2.45) is 5.10 Å². The Bertz CT molecular complexity index is 924. The lowest BCUT2D eigenvalue weighted by Gasteiger charge is -2.07. The van der Waals surface area contributed by atoms with Crippen molar-refractivity contribution >= 4 is 22.4 Å². The monoisotopic (exact) mass is 330 g/mol. The van der Waals surface area contributed by atoms with Crippen molar-refractivity contribution < 1.29 is 4.79 Å². The van der Waals surface area contributed by atoms with E-state index >= 15 is 0 Å². The second kappa shape index (κ2) is 7.31. The molecule has 3 aromatic rings. The third-order valence-electron chi connectivity index (χ3n) is 4.33. The molecule has 0 radical (unpaired) electrons. The number of hydrogen-bond acceptors (Lipinski definition) is 2. The number of amides is 1. The summed E-state index contributed by atoms with van der Waals surface area (Å²) in [6.45, 7) is 6.16. The van der Waals surface area contributed by atoms with Crippen LogP contribution in [0.5, 0.6) is 0 Å². The summed E-state index contributed by atoms with van der Waals surface area (Å²) in [6.07, 6.45) is 0. The van der Waals surface area contributed by atoms with E-state index in [1.165, 1.54) is 10.9 Å². The van der Waals surface area contributed by atoms with Gasteiger partial charge in [0, 0.05) is 5.56 Å². The molecular weight excluding hydrogens is 308 g/mol. The molecule has 0 fully saturated rings. The Morgan fingerprint density at radius 2 is 1.52 bits per heavy atom. The zero-order valence-electron chi connectivity index (χ0n) is 14.8. The Labute approximate surface area is 148 Å². The summed E-state index contributed by atoms with van der Waals surface area (Å²) in [5.41, 5.74) is 6.24. The first-order valence-corrected chi connectivity index (χ1v) is 8.48. The number of fused-ring (bicyclic) bond motifs is 1. The Kier molecular flexibility index (Phi) is 4.94. The van der Waals surface area contributed by atoms with Gasteiger partial charge in [-0.3, -0.25) is 4.79 Å². The number of hydrogen-bond donors (Lipinski definition) is 1. The Morgan fingerprint density at radius 1 is 0.880 bits per heavy atom. The lowest BCUT2D eigenvalue weighted by Crippen LogP contribution is -2.19. The Morgan fingerprint density at radius 3 is 2.20 bits per heavy atom. The van der Waals surface area contributed by atoms with Gasteiger partial charge in [-0.2, -0.15) is 5.10 Å². The molecule has 3 aromatic carbocycles. The van der Waals surface area contributed by atoms with Gasteiger partial charge in [0.1, 0.15) is 0 Å². The molecule has 0 spiro atoms. The molecule has 1 amide bonds. The van der Waals surface area contributed by atoms with Crippen molar-refractivity contribution in [3.05, 3.63) is 83.4 Å². The molecule has 3 nitrogen and oxygen atoms in total. The van der Waals surface area contributed by atoms with E-state index < -0.39 is 0 Å². The summed E-state index contributed by atoms with van der Waals surface area (Å²) < 4.78 is 0. The maximum Gasteiger partial charge on any atom is 0.271 e. The average molecular weight is 330 g/mol. The Balaban J connectivity index is 1.74. The van der Waals surface area contributed by atoms with E-state index in [4.69, 9.17) is 0 Å². The van der Waals surface area contributed by atoms with E-state index in [-0.39, 0.29) is 5.91 Å². The molecule has 0 aromatic heterocycles. The van der Waals surface area contributed by atoms with Crippen molar-refractivity contribution in [2.75, 3.05) is 0 Å². The van der Waals surface area contributed by atoms with Gasteiger partial charge in [-0.15, -0.1) is 0 Å². The number of rotatable bonds is 4. The lowest BCUT2D eigenvalue weighted by molar-refractivity contribution is 0.0955. The minimum atomic E-state index is -0.199. The number of carbonyl (C=O) groups is 1. The van der Waals surface area contributed by atoms with Crippen LogP contribution in [0, 0.1) is 0 Å². The van der Waals surface area contributed by atoms with Crippen molar-refractivity contribution in [1.29, 1.82) is 0 Å². The van der Waals surface area contributed by atoms with E-state index in [1.807, 2.05) is 49.4 Å². The van der Waals surface area contributed by atoms with Crippen LogP contribution in [0.2, 0.25) is 0 Å². The van der Waals surface area contributed by atoms with Crippen LogP contribution in [0.25, 0.3) is 10.8 Å². The minimum absolute atomic E-state index is 0.199. The van der Waals surface area contributed by atoms with Crippen molar-refractivity contribution in [3.8, 4) is 0 Å². The van der Waals surface area contributed by atoms with Crippen molar-refractivity contribution in [2.45, 2.75) is 26.7 Å². The maximum atomic E-state index is 12.3. The summed E-state index contributed by atoms with van der Waals surface area (Å²) in [5, 5.41) is 6.60. The molecule has 0 bridgehead atoms. The predicted molar refractivity (Wildman–Crippen MR) is 104 cm³/mol. The van der Waals surface area contributed by atoms with Gasteiger partial charge >= 0.3 is 0 Å². The molecule has 1 N–H and O–H groups in total. The normalized spacial score (nSPS) is 11.8. The smallest absolute Gasteiger partial charge is 0.267 e. The quantitative estimate of drug-likeness (QED) is 0.524. The summed E-state index contributed by atoms with van der Waals surface area (Å²) in [5.74, 6) is 0.251. The highest BCUT2D eigenvalue weighted by Crippen LogP contribution is 2.16. The van der Waals surface area contributed by atoms with Crippen LogP contribution in [0.4, 0.5) is 0 Å². The number of carbonyl (C=O) groups excluding carboxylic acids is 1. The second-order valence-electron chi connectivity index (χ2n) is 6.48. The van der Waals surface area contributed by atoms with E-state index in [2.05, 4.69) is 48.6 Å². The van der Waals surface area contributed by atoms with E-state index in [9.17, 15) is 4.79 Å². The summed E-state index contributed by atoms with van der Waals surface area (Å²) in [7, 11) is 0. The molecule has 0 aliphatic heterocycles. The van der Waals surface area contributed by atoms with Crippen LogP contribution in [0.15, 0.2) is 71.8 Å². The first-order chi connectivity index (χ1) is 12.0. The standard InChI is InChI=1S/C22H22N2O/c1-15(2)17-8-11-19(12-9-17)22(25)24-23-16(3)20-13-10-18-6-4-5-7-21(18)14-20/h4-15H,1-3H3,(H,24,25)/b23-16+. The molecule has 0 aliphatic carbocycles. The molecule has 0 atom stereocenters. The fraction of sp³-hybridized carbons (Fsp3) is 0.182. The highest BCUT2D eigenvalue weighted by molar-refractivity contribution is 6.03. The van der Waals surface area contributed by atoms with Gasteiger partial charge in [0.05, 0.1) is 5.71 Å². The molecule has 0 saturated carbocycles. The van der Waals surface area contributed by atoms with E-state index in [1.54, 1.807) is 0 Å². The lowest BCUT2D eigenvalue weighted by atomic mass is 10.0. The Hall–Kier alpha value is -2.94. The van der Waals surface area contributed by atoms with Gasteiger partial charge in [0.2, 0.25) is 0 Å². The van der Waals surface area contributed by atoms with Crippen LogP contribution < -0.4 is 5.43 Å². The highest BCUT2D eigenvalue weighted by Gasteiger charge is 2.06. The summed E-state index contributed by atoms with van der Waals surface area (Å²) in [4.78, 5) is 12.3. The van der Waals surface area contributed by atoms with Crippen LogP contribution in [0.1, 0.15) is 48.2 Å². The third kappa shape index (κ3) is 3.94.